The molecule has 68 heavy (non-hydrogen) atoms. The van der Waals surface area contributed by atoms with Gasteiger partial charge in [-0.25, -0.2) is 0 Å². The topological polar surface area (TPSA) is 33.6 Å². The molecule has 0 aliphatic heterocycles. The van der Waals surface area contributed by atoms with Crippen molar-refractivity contribution < 1.29 is 26.3 Å². The maximum atomic E-state index is 14.4. The van der Waals surface area contributed by atoms with Gasteiger partial charge in [-0.15, -0.1) is 0 Å². The molecule has 0 saturated heterocycles. The van der Waals surface area contributed by atoms with E-state index in [4.69, 9.17) is 0 Å². The zero-order chi connectivity index (χ0) is 47.1. The summed E-state index contributed by atoms with van der Waals surface area (Å²) in [6.45, 7) is 4.13. The van der Waals surface area contributed by atoms with Crippen LogP contribution in [0.2, 0.25) is 0 Å². The molecule has 0 aliphatic carbocycles. The summed E-state index contributed by atoms with van der Waals surface area (Å²) >= 11 is 0. The highest BCUT2D eigenvalue weighted by Crippen LogP contribution is 2.45. The smallest absolute Gasteiger partial charge is 0.309 e. The van der Waals surface area contributed by atoms with E-state index < -0.39 is 23.5 Å². The SMILES string of the molecule is Cc1ccccc1-c1ccc2c(c1)c1ccccc1n2-c1ccc(C#N)cc1-c1ccc(-c2cc(C(F)(F)F)cc(C(F)(F)F)c2)cc1-n1c2ccccc2c2cc(-c3ccccc3C)ccc21. The van der Waals surface area contributed by atoms with Crippen molar-refractivity contribution in [2.45, 2.75) is 26.2 Å². The molecule has 0 atom stereocenters. The normalized spacial score (nSPS) is 12.1. The second kappa shape index (κ2) is 15.9. The predicted molar refractivity (Wildman–Crippen MR) is 261 cm³/mol. The highest BCUT2D eigenvalue weighted by atomic mass is 19.4. The van der Waals surface area contributed by atoms with Gasteiger partial charge in [-0.05, 0) is 137 Å². The van der Waals surface area contributed by atoms with Crippen LogP contribution < -0.4 is 0 Å². The van der Waals surface area contributed by atoms with Crippen LogP contribution in [0.1, 0.15) is 27.8 Å². The third-order valence-corrected chi connectivity index (χ3v) is 13.1. The van der Waals surface area contributed by atoms with Gasteiger partial charge in [0.2, 0.25) is 0 Å². The Morgan fingerprint density at radius 3 is 1.35 bits per heavy atom. The number of aromatic nitrogens is 2. The molecule has 0 N–H and O–H groups in total. The van der Waals surface area contributed by atoms with E-state index in [2.05, 4.69) is 66.1 Å². The molecule has 0 spiro atoms. The summed E-state index contributed by atoms with van der Waals surface area (Å²) in [6.07, 6.45) is -10.1. The molecular weight excluding hydrogens is 865 g/mol. The molecule has 3 nitrogen and oxygen atoms in total. The summed E-state index contributed by atoms with van der Waals surface area (Å²) in [5, 5.41) is 14.2. The van der Waals surface area contributed by atoms with Crippen LogP contribution >= 0.6 is 0 Å². The van der Waals surface area contributed by atoms with Gasteiger partial charge < -0.3 is 9.13 Å². The average molecular weight is 902 g/mol. The van der Waals surface area contributed by atoms with Crippen molar-refractivity contribution in [3.05, 3.63) is 216 Å². The van der Waals surface area contributed by atoms with Crippen LogP contribution in [-0.4, -0.2) is 9.13 Å². The van der Waals surface area contributed by atoms with Crippen molar-refractivity contribution in [1.29, 1.82) is 5.26 Å². The highest BCUT2D eigenvalue weighted by molar-refractivity contribution is 6.13. The number of fused-ring (bicyclic) bond motifs is 6. The molecule has 0 aliphatic rings. The maximum Gasteiger partial charge on any atom is 0.416 e. The van der Waals surface area contributed by atoms with Gasteiger partial charge in [-0.1, -0.05) is 109 Å². The number of alkyl halides is 6. The number of nitriles is 1. The van der Waals surface area contributed by atoms with Gasteiger partial charge in [-0.3, -0.25) is 0 Å². The first-order chi connectivity index (χ1) is 32.8. The molecule has 0 unspecified atom stereocenters. The standard InChI is InChI=1S/C59H37F6N3/c1-35-11-3-5-13-44(35)39-21-25-55-50(30-39)46-15-7-9-17-52(46)67(55)54-24-19-37(34-66)27-49(54)48-23-20-38(41-28-42(58(60,61)62)33-43(29-41)59(63,64)65)32-57(48)68-53-18-10-8-16-47(53)51-31-40(22-26-56(51)68)45-14-6-4-12-36(45)2/h3-33H,1-2H3. The Hall–Kier alpha value is -8.35. The molecule has 0 amide bonds. The summed E-state index contributed by atoms with van der Waals surface area (Å²) in [7, 11) is 0. The number of benzene rings is 9. The summed E-state index contributed by atoms with van der Waals surface area (Å²) in [6, 6.07) is 59.1. The molecule has 0 radical (unpaired) electrons. The monoisotopic (exact) mass is 901 g/mol. The Bertz CT molecular complexity index is 3850. The van der Waals surface area contributed by atoms with Crippen LogP contribution in [0.25, 0.3) is 99.5 Å². The molecule has 9 aromatic carbocycles. The van der Waals surface area contributed by atoms with Gasteiger partial charge in [0, 0.05) is 32.7 Å². The van der Waals surface area contributed by atoms with Gasteiger partial charge in [0.1, 0.15) is 0 Å². The van der Waals surface area contributed by atoms with E-state index in [0.29, 0.717) is 28.1 Å². The first-order valence-electron chi connectivity index (χ1n) is 21.9. The van der Waals surface area contributed by atoms with E-state index in [1.807, 2.05) is 102 Å². The van der Waals surface area contributed by atoms with Crippen LogP contribution in [-0.2, 0) is 12.4 Å². The third-order valence-electron chi connectivity index (χ3n) is 13.1. The number of rotatable bonds is 6. The fraction of sp³-hybridized carbons (Fsp3) is 0.0678. The lowest BCUT2D eigenvalue weighted by molar-refractivity contribution is -0.143. The first kappa shape index (κ1) is 42.3. The quantitative estimate of drug-likeness (QED) is 0.153. The lowest BCUT2D eigenvalue weighted by Gasteiger charge is -2.21. The van der Waals surface area contributed by atoms with Gasteiger partial charge in [0.05, 0.1) is 56.2 Å². The highest BCUT2D eigenvalue weighted by Gasteiger charge is 2.37. The van der Waals surface area contributed by atoms with Crippen molar-refractivity contribution in [3.63, 3.8) is 0 Å². The van der Waals surface area contributed by atoms with Crippen molar-refractivity contribution in [2.24, 2.45) is 0 Å². The minimum atomic E-state index is -5.05. The molecule has 9 heteroatoms. The Balaban J connectivity index is 1.23. The van der Waals surface area contributed by atoms with Crippen molar-refractivity contribution in [1.82, 2.24) is 9.13 Å². The Morgan fingerprint density at radius 1 is 0.368 bits per heavy atom. The molecule has 330 valence electrons. The Kier molecular flexibility index (Phi) is 9.90. The van der Waals surface area contributed by atoms with Gasteiger partial charge >= 0.3 is 12.4 Å². The van der Waals surface area contributed by atoms with E-state index in [-0.39, 0.29) is 17.2 Å². The van der Waals surface area contributed by atoms with E-state index in [1.54, 1.807) is 30.3 Å². The van der Waals surface area contributed by atoms with Crippen molar-refractivity contribution in [3.8, 4) is 62.0 Å². The van der Waals surface area contributed by atoms with Crippen LogP contribution in [0.4, 0.5) is 26.3 Å². The largest absolute Gasteiger partial charge is 0.416 e. The number of hydrogen-bond acceptors (Lipinski definition) is 1. The molecule has 11 rings (SSSR count). The second-order valence-corrected chi connectivity index (χ2v) is 17.2. The molecule has 2 aromatic heterocycles. The van der Waals surface area contributed by atoms with Gasteiger partial charge in [0.25, 0.3) is 0 Å². The fourth-order valence-electron chi connectivity index (χ4n) is 9.86. The fourth-order valence-corrected chi connectivity index (χ4v) is 9.86. The first-order valence-corrected chi connectivity index (χ1v) is 21.9. The van der Waals surface area contributed by atoms with E-state index in [9.17, 15) is 31.6 Å². The van der Waals surface area contributed by atoms with Crippen molar-refractivity contribution in [2.75, 3.05) is 0 Å². The van der Waals surface area contributed by atoms with E-state index in [0.717, 1.165) is 89.1 Å². The second-order valence-electron chi connectivity index (χ2n) is 17.2. The van der Waals surface area contributed by atoms with Crippen molar-refractivity contribution >= 4 is 43.6 Å². The molecule has 0 bridgehead atoms. The summed E-state index contributed by atoms with van der Waals surface area (Å²) < 4.78 is 90.4. The minimum Gasteiger partial charge on any atom is -0.309 e. The zero-order valence-electron chi connectivity index (χ0n) is 36.5. The van der Waals surface area contributed by atoms with Gasteiger partial charge in [-0.2, -0.15) is 31.6 Å². The van der Waals surface area contributed by atoms with Crippen LogP contribution in [0.3, 0.4) is 0 Å². The number of hydrogen-bond donors (Lipinski definition) is 0. The number of halogens is 6. The zero-order valence-corrected chi connectivity index (χ0v) is 36.5. The molecule has 11 aromatic rings. The summed E-state index contributed by atoms with van der Waals surface area (Å²) in [4.78, 5) is 0. The summed E-state index contributed by atoms with van der Waals surface area (Å²) in [5.41, 5.74) is 9.61. The van der Waals surface area contributed by atoms with Crippen LogP contribution in [0, 0.1) is 25.2 Å². The van der Waals surface area contributed by atoms with E-state index >= 15 is 0 Å². The Morgan fingerprint density at radius 2 is 0.838 bits per heavy atom. The van der Waals surface area contributed by atoms with Gasteiger partial charge in [0.15, 0.2) is 0 Å². The third kappa shape index (κ3) is 7.08. The Labute approximate surface area is 387 Å². The predicted octanol–water partition coefficient (Wildman–Crippen LogP) is 17.1. The van der Waals surface area contributed by atoms with E-state index in [1.165, 1.54) is 0 Å². The minimum absolute atomic E-state index is 0.140. The molecule has 0 saturated carbocycles. The number of nitrogens with zero attached hydrogens (tertiary/aromatic N) is 3. The lowest BCUT2D eigenvalue weighted by atomic mass is 9.93. The average Bonchev–Trinajstić information content (AvgIpc) is 3.85. The molecule has 0 fully saturated rings. The van der Waals surface area contributed by atoms with Crippen LogP contribution in [0.15, 0.2) is 188 Å². The molecular formula is C59H37F6N3. The lowest BCUT2D eigenvalue weighted by Crippen LogP contribution is -2.11. The summed E-state index contributed by atoms with van der Waals surface area (Å²) in [5.74, 6) is 0. The maximum absolute atomic E-state index is 14.4. The number of para-hydroxylation sites is 2. The van der Waals surface area contributed by atoms with Crippen LogP contribution in [0.5, 0.6) is 0 Å². The number of aryl methyl sites for hydroxylation is 2. The molecule has 2 heterocycles.